The molecule has 0 aromatic heterocycles. The second-order valence-corrected chi connectivity index (χ2v) is 5.54. The van der Waals surface area contributed by atoms with Crippen molar-refractivity contribution in [2.75, 3.05) is 0 Å². The fourth-order valence-electron chi connectivity index (χ4n) is 2.31. The van der Waals surface area contributed by atoms with E-state index in [0.29, 0.717) is 0 Å². The van der Waals surface area contributed by atoms with Gasteiger partial charge in [0.05, 0.1) is 11.1 Å². The second-order valence-electron chi connectivity index (χ2n) is 5.54. The third kappa shape index (κ3) is 3.93. The summed E-state index contributed by atoms with van der Waals surface area (Å²) in [7, 11) is 0. The highest BCUT2D eigenvalue weighted by Gasteiger charge is 2.30. The summed E-state index contributed by atoms with van der Waals surface area (Å²) in [6, 6.07) is 12.7. The highest BCUT2D eigenvalue weighted by atomic mass is 19.2. The van der Waals surface area contributed by atoms with Gasteiger partial charge in [-0.2, -0.15) is 8.78 Å². The molecule has 0 aliphatic rings. The molecule has 0 unspecified atom stereocenters. The maximum absolute atomic E-state index is 13.7. The van der Waals surface area contributed by atoms with Crippen LogP contribution in [0, 0.1) is 29.1 Å². The molecule has 0 fully saturated rings. The summed E-state index contributed by atoms with van der Waals surface area (Å²) in [6.45, 7) is 0. The Hall–Kier alpha value is -3.75. The first-order chi connectivity index (χ1) is 13.8. The number of hydrogen-bond donors (Lipinski definition) is 0. The first kappa shape index (κ1) is 20.0. The normalized spacial score (nSPS) is 10.5. The molecule has 3 aromatic rings. The molecule has 0 spiro atoms. The van der Waals surface area contributed by atoms with E-state index in [-0.39, 0.29) is 11.3 Å². The molecule has 0 N–H and O–H groups in total. The Morgan fingerprint density at radius 3 is 1.48 bits per heavy atom. The van der Waals surface area contributed by atoms with Crippen LogP contribution in [0.4, 0.5) is 22.0 Å². The minimum Gasteiger partial charge on any atom is -0.423 e. The van der Waals surface area contributed by atoms with Gasteiger partial charge in [0.2, 0.25) is 34.8 Å². The van der Waals surface area contributed by atoms with E-state index < -0.39 is 52.3 Å². The smallest absolute Gasteiger partial charge is 0.344 e. The maximum atomic E-state index is 13.7. The average molecular weight is 408 g/mol. The quantitative estimate of drug-likeness (QED) is 0.204. The van der Waals surface area contributed by atoms with Crippen LogP contribution in [0.2, 0.25) is 0 Å². The minimum absolute atomic E-state index is 0.153. The fourth-order valence-corrected chi connectivity index (χ4v) is 2.31. The molecule has 4 nitrogen and oxygen atoms in total. The number of benzene rings is 3. The van der Waals surface area contributed by atoms with E-state index in [1.807, 2.05) is 0 Å². The Balaban J connectivity index is 1.93. The molecule has 0 radical (unpaired) electrons. The van der Waals surface area contributed by atoms with E-state index in [4.69, 9.17) is 4.74 Å². The van der Waals surface area contributed by atoms with E-state index in [9.17, 15) is 31.5 Å². The van der Waals surface area contributed by atoms with Crippen molar-refractivity contribution in [1.82, 2.24) is 0 Å². The monoisotopic (exact) mass is 408 g/mol. The van der Waals surface area contributed by atoms with Crippen molar-refractivity contribution in [2.45, 2.75) is 0 Å². The predicted molar refractivity (Wildman–Crippen MR) is 89.0 cm³/mol. The van der Waals surface area contributed by atoms with Gasteiger partial charge in [-0.25, -0.2) is 22.8 Å². The van der Waals surface area contributed by atoms with Crippen molar-refractivity contribution < 1.29 is 41.0 Å². The van der Waals surface area contributed by atoms with Crippen LogP contribution in [-0.4, -0.2) is 11.9 Å². The highest BCUT2D eigenvalue weighted by molar-refractivity contribution is 6.04. The summed E-state index contributed by atoms with van der Waals surface area (Å²) in [5.74, 6) is -15.7. The maximum Gasteiger partial charge on any atom is 0.344 e. The predicted octanol–water partition coefficient (Wildman–Crippen LogP) is 4.82. The molecule has 0 amide bonds. The van der Waals surface area contributed by atoms with Crippen LogP contribution in [0.5, 0.6) is 11.5 Å². The molecule has 0 bridgehead atoms. The first-order valence-electron chi connectivity index (χ1n) is 7.91. The fraction of sp³-hybridized carbons (Fsp3) is 0. The number of ether oxygens (including phenoxy) is 2. The van der Waals surface area contributed by atoms with Gasteiger partial charge in [-0.15, -0.1) is 0 Å². The number of rotatable bonds is 4. The number of esters is 2. The van der Waals surface area contributed by atoms with Crippen LogP contribution >= 0.6 is 0 Å². The molecule has 0 saturated carbocycles. The van der Waals surface area contributed by atoms with Gasteiger partial charge in [0.1, 0.15) is 5.75 Å². The molecule has 0 atom stereocenters. The zero-order valence-electron chi connectivity index (χ0n) is 14.2. The number of halogens is 5. The van der Waals surface area contributed by atoms with Crippen LogP contribution in [0.1, 0.15) is 20.7 Å². The Bertz CT molecular complexity index is 1070. The van der Waals surface area contributed by atoms with Gasteiger partial charge >= 0.3 is 11.9 Å². The molecule has 9 heteroatoms. The Labute approximate surface area is 160 Å². The zero-order chi connectivity index (χ0) is 21.1. The molecular formula is C20H9F5O4. The second kappa shape index (κ2) is 8.09. The minimum atomic E-state index is -2.40. The van der Waals surface area contributed by atoms with Crippen molar-refractivity contribution in [2.24, 2.45) is 0 Å². The van der Waals surface area contributed by atoms with Crippen LogP contribution in [-0.2, 0) is 0 Å². The number of carbonyl (C=O) groups excluding carboxylic acids is 2. The van der Waals surface area contributed by atoms with Gasteiger partial charge in [-0.3, -0.25) is 0 Å². The number of hydrogen-bond acceptors (Lipinski definition) is 4. The number of carbonyl (C=O) groups is 2. The number of para-hydroxylation sites is 1. The molecule has 3 rings (SSSR count). The standard InChI is InChI=1S/C20H9F5O4/c21-13-14(22)16(24)18(17(25)15(13)23)29-20(27)12-9-5-4-8-11(12)19(26)28-10-6-2-1-3-7-10/h1-9H. The summed E-state index contributed by atoms with van der Waals surface area (Å²) in [5, 5.41) is 0. The van der Waals surface area contributed by atoms with Gasteiger partial charge in [0, 0.05) is 0 Å². The Kier molecular flexibility index (Phi) is 5.58. The summed E-state index contributed by atoms with van der Waals surface area (Å²) in [6.07, 6.45) is 0. The molecule has 0 heterocycles. The van der Waals surface area contributed by atoms with Gasteiger partial charge in [0.25, 0.3) is 0 Å². The van der Waals surface area contributed by atoms with Crippen LogP contribution in [0.25, 0.3) is 0 Å². The lowest BCUT2D eigenvalue weighted by Crippen LogP contribution is -2.19. The van der Waals surface area contributed by atoms with Crippen molar-refractivity contribution in [3.63, 3.8) is 0 Å². The van der Waals surface area contributed by atoms with E-state index in [0.717, 1.165) is 6.07 Å². The van der Waals surface area contributed by atoms with E-state index in [1.165, 1.54) is 30.3 Å². The molecule has 29 heavy (non-hydrogen) atoms. The Morgan fingerprint density at radius 1 is 0.552 bits per heavy atom. The van der Waals surface area contributed by atoms with Crippen molar-refractivity contribution in [3.8, 4) is 11.5 Å². The van der Waals surface area contributed by atoms with E-state index in [1.54, 1.807) is 18.2 Å². The topological polar surface area (TPSA) is 52.6 Å². The summed E-state index contributed by atoms with van der Waals surface area (Å²) in [5.41, 5.74) is -0.845. The largest absolute Gasteiger partial charge is 0.423 e. The van der Waals surface area contributed by atoms with E-state index in [2.05, 4.69) is 4.74 Å². The molecule has 148 valence electrons. The molecular weight excluding hydrogens is 399 g/mol. The van der Waals surface area contributed by atoms with Gasteiger partial charge < -0.3 is 9.47 Å². The lowest BCUT2D eigenvalue weighted by atomic mass is 10.1. The van der Waals surface area contributed by atoms with Crippen LogP contribution in [0.3, 0.4) is 0 Å². The third-order valence-electron chi connectivity index (χ3n) is 3.68. The molecule has 0 saturated heterocycles. The summed E-state index contributed by atoms with van der Waals surface area (Å²) < 4.78 is 76.6. The third-order valence-corrected chi connectivity index (χ3v) is 3.68. The highest BCUT2D eigenvalue weighted by Crippen LogP contribution is 2.30. The van der Waals surface area contributed by atoms with Crippen molar-refractivity contribution in [3.05, 3.63) is 94.8 Å². The van der Waals surface area contributed by atoms with Crippen molar-refractivity contribution in [1.29, 1.82) is 0 Å². The summed E-state index contributed by atoms with van der Waals surface area (Å²) >= 11 is 0. The lowest BCUT2D eigenvalue weighted by molar-refractivity contribution is 0.0682. The van der Waals surface area contributed by atoms with Crippen LogP contribution in [0.15, 0.2) is 54.6 Å². The van der Waals surface area contributed by atoms with Gasteiger partial charge in [-0.05, 0) is 24.3 Å². The van der Waals surface area contributed by atoms with Gasteiger partial charge in [0.15, 0.2) is 0 Å². The molecule has 0 aliphatic heterocycles. The van der Waals surface area contributed by atoms with Crippen molar-refractivity contribution >= 4 is 11.9 Å². The molecule has 3 aromatic carbocycles. The van der Waals surface area contributed by atoms with Crippen LogP contribution < -0.4 is 9.47 Å². The first-order valence-corrected chi connectivity index (χ1v) is 7.91. The summed E-state index contributed by atoms with van der Waals surface area (Å²) in [4.78, 5) is 24.6. The lowest BCUT2D eigenvalue weighted by Gasteiger charge is -2.11. The van der Waals surface area contributed by atoms with E-state index >= 15 is 0 Å². The zero-order valence-corrected chi connectivity index (χ0v) is 14.2. The molecule has 0 aliphatic carbocycles. The SMILES string of the molecule is O=C(Oc1ccccc1)c1ccccc1C(=O)Oc1c(F)c(F)c(F)c(F)c1F. The van der Waals surface area contributed by atoms with Gasteiger partial charge in [-0.1, -0.05) is 30.3 Å². The average Bonchev–Trinajstić information content (AvgIpc) is 2.74. The Morgan fingerprint density at radius 2 is 0.966 bits per heavy atom.